The minimum Gasteiger partial charge on any atom is -0.480 e. The second-order valence-electron chi connectivity index (χ2n) is 4.46. The van der Waals surface area contributed by atoms with E-state index in [0.717, 1.165) is 25.7 Å². The van der Waals surface area contributed by atoms with Crippen molar-refractivity contribution >= 4 is 16.0 Å². The average molecular weight is 249 g/mol. The maximum atomic E-state index is 11.4. The molecular weight excluding hydrogens is 230 g/mol. The molecule has 0 spiro atoms. The van der Waals surface area contributed by atoms with Crippen molar-refractivity contribution < 1.29 is 18.3 Å². The maximum Gasteiger partial charge on any atom is 0.320 e. The normalized spacial score (nSPS) is 20.6. The fourth-order valence-corrected chi connectivity index (χ4v) is 3.39. The molecular formula is C10H19NO4S. The Morgan fingerprint density at radius 1 is 1.38 bits per heavy atom. The summed E-state index contributed by atoms with van der Waals surface area (Å²) in [5, 5.41) is 8.45. The van der Waals surface area contributed by atoms with Gasteiger partial charge in [-0.05, 0) is 25.7 Å². The van der Waals surface area contributed by atoms with Crippen LogP contribution in [0.4, 0.5) is 0 Å². The molecule has 0 bridgehead atoms. The number of carboxylic acids is 1. The number of nitrogens with one attached hydrogen (secondary N) is 1. The van der Waals surface area contributed by atoms with Gasteiger partial charge in [0, 0.05) is 6.04 Å². The summed E-state index contributed by atoms with van der Waals surface area (Å²) in [5.41, 5.74) is 0. The number of sulfonamides is 1. The molecule has 0 aromatic rings. The topological polar surface area (TPSA) is 83.5 Å². The van der Waals surface area contributed by atoms with Crippen molar-refractivity contribution in [3.63, 3.8) is 0 Å². The van der Waals surface area contributed by atoms with Gasteiger partial charge in [0.25, 0.3) is 0 Å². The van der Waals surface area contributed by atoms with E-state index in [1.807, 2.05) is 6.92 Å². The van der Waals surface area contributed by atoms with Crippen LogP contribution in [0, 0.1) is 5.92 Å². The Labute approximate surface area is 96.3 Å². The summed E-state index contributed by atoms with van der Waals surface area (Å²) in [7, 11) is -3.68. The number of hydrogen-bond donors (Lipinski definition) is 2. The van der Waals surface area contributed by atoms with Crippen molar-refractivity contribution in [2.24, 2.45) is 5.92 Å². The van der Waals surface area contributed by atoms with Crippen LogP contribution in [0.25, 0.3) is 0 Å². The SMILES string of the molecule is C[C@H](NS(=O)(=O)CC(=O)O)C1CCCCC1. The Bertz CT molecular complexity index is 333. The van der Waals surface area contributed by atoms with Crippen molar-refractivity contribution in [1.82, 2.24) is 4.72 Å². The van der Waals surface area contributed by atoms with Crippen LogP contribution in [0.2, 0.25) is 0 Å². The van der Waals surface area contributed by atoms with Crippen LogP contribution in [0.1, 0.15) is 39.0 Å². The highest BCUT2D eigenvalue weighted by Crippen LogP contribution is 2.26. The van der Waals surface area contributed by atoms with Gasteiger partial charge < -0.3 is 5.11 Å². The summed E-state index contributed by atoms with van der Waals surface area (Å²) in [6, 6.07) is -0.162. The third-order valence-corrected chi connectivity index (χ3v) is 4.39. The van der Waals surface area contributed by atoms with E-state index in [1.165, 1.54) is 6.42 Å². The third kappa shape index (κ3) is 4.49. The van der Waals surface area contributed by atoms with E-state index in [9.17, 15) is 13.2 Å². The van der Waals surface area contributed by atoms with Crippen molar-refractivity contribution in [3.8, 4) is 0 Å². The number of aliphatic carboxylic acids is 1. The third-order valence-electron chi connectivity index (χ3n) is 3.04. The summed E-state index contributed by atoms with van der Waals surface area (Å²) in [4.78, 5) is 10.4. The average Bonchev–Trinajstić information content (AvgIpc) is 2.16. The maximum absolute atomic E-state index is 11.4. The zero-order valence-corrected chi connectivity index (χ0v) is 10.3. The zero-order chi connectivity index (χ0) is 12.2. The molecule has 0 aromatic heterocycles. The van der Waals surface area contributed by atoms with E-state index in [2.05, 4.69) is 4.72 Å². The van der Waals surface area contributed by atoms with Gasteiger partial charge in [-0.15, -0.1) is 0 Å². The molecule has 1 atom stereocenters. The van der Waals surface area contributed by atoms with Crippen LogP contribution in [0.15, 0.2) is 0 Å². The lowest BCUT2D eigenvalue weighted by molar-refractivity contribution is -0.134. The molecule has 0 heterocycles. The predicted octanol–water partition coefficient (Wildman–Crippen LogP) is 0.959. The largest absolute Gasteiger partial charge is 0.480 e. The molecule has 1 aliphatic carbocycles. The summed E-state index contributed by atoms with van der Waals surface area (Å²) in [5.74, 6) is -1.81. The number of hydrogen-bond acceptors (Lipinski definition) is 3. The van der Waals surface area contributed by atoms with Crippen LogP contribution in [-0.2, 0) is 14.8 Å². The quantitative estimate of drug-likeness (QED) is 0.760. The lowest BCUT2D eigenvalue weighted by Gasteiger charge is -2.27. The van der Waals surface area contributed by atoms with Gasteiger partial charge in [0.05, 0.1) is 0 Å². The Morgan fingerprint density at radius 2 is 1.94 bits per heavy atom. The first-order valence-electron chi connectivity index (χ1n) is 5.62. The Morgan fingerprint density at radius 3 is 2.44 bits per heavy atom. The molecule has 1 aliphatic rings. The van der Waals surface area contributed by atoms with Crippen molar-refractivity contribution in [1.29, 1.82) is 0 Å². The highest BCUT2D eigenvalue weighted by Gasteiger charge is 2.25. The van der Waals surface area contributed by atoms with E-state index in [1.54, 1.807) is 0 Å². The Balaban J connectivity index is 2.49. The molecule has 0 aliphatic heterocycles. The lowest BCUT2D eigenvalue weighted by atomic mass is 9.85. The van der Waals surface area contributed by atoms with E-state index in [-0.39, 0.29) is 6.04 Å². The van der Waals surface area contributed by atoms with Gasteiger partial charge in [0.1, 0.15) is 0 Å². The van der Waals surface area contributed by atoms with Gasteiger partial charge in [-0.1, -0.05) is 19.3 Å². The smallest absolute Gasteiger partial charge is 0.320 e. The fraction of sp³-hybridized carbons (Fsp3) is 0.900. The predicted molar refractivity (Wildman–Crippen MR) is 60.6 cm³/mol. The van der Waals surface area contributed by atoms with Gasteiger partial charge >= 0.3 is 5.97 Å². The van der Waals surface area contributed by atoms with E-state index >= 15 is 0 Å². The van der Waals surface area contributed by atoms with Gasteiger partial charge in [-0.3, -0.25) is 4.79 Å². The Kier molecular flexibility index (Phi) is 4.73. The molecule has 0 saturated heterocycles. The molecule has 1 rings (SSSR count). The van der Waals surface area contributed by atoms with Crippen molar-refractivity contribution in [2.75, 3.05) is 5.75 Å². The van der Waals surface area contributed by atoms with E-state index < -0.39 is 21.7 Å². The molecule has 0 unspecified atom stereocenters. The molecule has 16 heavy (non-hydrogen) atoms. The summed E-state index contributed by atoms with van der Waals surface area (Å²) >= 11 is 0. The van der Waals surface area contributed by atoms with E-state index in [4.69, 9.17) is 5.11 Å². The lowest BCUT2D eigenvalue weighted by Crippen LogP contribution is -2.41. The zero-order valence-electron chi connectivity index (χ0n) is 9.48. The first kappa shape index (κ1) is 13.4. The molecule has 6 heteroatoms. The fourth-order valence-electron chi connectivity index (χ4n) is 2.22. The molecule has 5 nitrogen and oxygen atoms in total. The molecule has 1 fully saturated rings. The van der Waals surface area contributed by atoms with Crippen molar-refractivity contribution in [2.45, 2.75) is 45.1 Å². The van der Waals surface area contributed by atoms with Gasteiger partial charge in [-0.2, -0.15) is 0 Å². The first-order chi connectivity index (χ1) is 7.41. The summed E-state index contributed by atoms with van der Waals surface area (Å²) in [6.45, 7) is 1.81. The first-order valence-corrected chi connectivity index (χ1v) is 7.28. The molecule has 1 saturated carbocycles. The summed E-state index contributed by atoms with van der Waals surface area (Å²) < 4.78 is 25.3. The van der Waals surface area contributed by atoms with E-state index in [0.29, 0.717) is 5.92 Å². The molecule has 0 radical (unpaired) electrons. The number of carboxylic acid groups (broad SMARTS) is 1. The van der Waals surface area contributed by atoms with Crippen LogP contribution in [0.3, 0.4) is 0 Å². The van der Waals surface area contributed by atoms with Crippen LogP contribution in [-0.4, -0.2) is 31.3 Å². The summed E-state index contributed by atoms with van der Waals surface area (Å²) in [6.07, 6.45) is 5.53. The highest BCUT2D eigenvalue weighted by atomic mass is 32.2. The molecule has 0 amide bonds. The molecule has 0 aromatic carbocycles. The van der Waals surface area contributed by atoms with Crippen LogP contribution >= 0.6 is 0 Å². The second-order valence-corrected chi connectivity index (χ2v) is 6.21. The standard InChI is InChI=1S/C10H19NO4S/c1-8(9-5-3-2-4-6-9)11-16(14,15)7-10(12)13/h8-9,11H,2-7H2,1H3,(H,12,13)/t8-/m0/s1. The van der Waals surface area contributed by atoms with Gasteiger partial charge in [-0.25, -0.2) is 13.1 Å². The van der Waals surface area contributed by atoms with Crippen LogP contribution < -0.4 is 4.72 Å². The second kappa shape index (κ2) is 5.63. The van der Waals surface area contributed by atoms with Crippen molar-refractivity contribution in [3.05, 3.63) is 0 Å². The minimum atomic E-state index is -3.68. The molecule has 94 valence electrons. The number of rotatable bonds is 5. The highest BCUT2D eigenvalue weighted by molar-refractivity contribution is 7.90. The van der Waals surface area contributed by atoms with Gasteiger partial charge in [0.15, 0.2) is 5.75 Å². The Hall–Kier alpha value is -0.620. The van der Waals surface area contributed by atoms with Gasteiger partial charge in [0.2, 0.25) is 10.0 Å². The monoisotopic (exact) mass is 249 g/mol. The molecule has 2 N–H and O–H groups in total. The van der Waals surface area contributed by atoms with Crippen LogP contribution in [0.5, 0.6) is 0 Å². The minimum absolute atomic E-state index is 0.162. The number of carbonyl (C=O) groups is 1.